The van der Waals surface area contributed by atoms with Gasteiger partial charge in [0.1, 0.15) is 0 Å². The normalized spacial score (nSPS) is 26.4. The molecule has 1 aliphatic heterocycles. The molecule has 1 heterocycles. The lowest BCUT2D eigenvalue weighted by atomic mass is 10.1. The van der Waals surface area contributed by atoms with Gasteiger partial charge < -0.3 is 10.2 Å². The molecule has 1 aliphatic rings. The highest BCUT2D eigenvalue weighted by atomic mass is 32.2. The van der Waals surface area contributed by atoms with Crippen LogP contribution >= 0.6 is 0 Å². The molecule has 1 N–H and O–H groups in total. The Hall–Kier alpha value is -0.780. The third-order valence-corrected chi connectivity index (χ3v) is 6.76. The number of sulfone groups is 1. The molecule has 0 saturated carbocycles. The first-order chi connectivity index (χ1) is 9.83. The molecule has 0 spiro atoms. The fraction of sp³-hybridized carbons (Fsp3) is 0.933. The van der Waals surface area contributed by atoms with Crippen molar-refractivity contribution in [3.05, 3.63) is 0 Å². The predicted octanol–water partition coefficient (Wildman–Crippen LogP) is 2.56. The van der Waals surface area contributed by atoms with E-state index in [4.69, 9.17) is 0 Å². The number of nitrogens with one attached hydrogen (secondary N) is 1. The van der Waals surface area contributed by atoms with E-state index in [1.807, 2.05) is 6.92 Å². The van der Waals surface area contributed by atoms with Crippen LogP contribution in [-0.2, 0) is 9.84 Å². The number of urea groups is 1. The van der Waals surface area contributed by atoms with Crippen LogP contribution in [0, 0.1) is 0 Å². The van der Waals surface area contributed by atoms with E-state index in [-0.39, 0.29) is 23.9 Å². The molecule has 0 aliphatic carbocycles. The highest BCUT2D eigenvalue weighted by molar-refractivity contribution is 7.92. The number of carbonyl (C=O) groups excluding carboxylic acids is 1. The van der Waals surface area contributed by atoms with Crippen LogP contribution in [0.5, 0.6) is 0 Å². The van der Waals surface area contributed by atoms with E-state index in [0.717, 1.165) is 32.1 Å². The molecular weight excluding hydrogens is 288 g/mol. The molecule has 124 valence electrons. The Balaban J connectivity index is 2.65. The zero-order valence-corrected chi connectivity index (χ0v) is 14.6. The molecule has 0 aromatic rings. The number of hydrogen-bond acceptors (Lipinski definition) is 3. The van der Waals surface area contributed by atoms with Crippen LogP contribution in [-0.4, -0.2) is 49.0 Å². The van der Waals surface area contributed by atoms with Crippen molar-refractivity contribution in [2.24, 2.45) is 0 Å². The summed E-state index contributed by atoms with van der Waals surface area (Å²) in [5.41, 5.74) is 0. The topological polar surface area (TPSA) is 66.5 Å². The Morgan fingerprint density at radius 3 is 2.48 bits per heavy atom. The SMILES string of the molecule is CCCC[C@H](CCC)NC(=O)N1CCS(=O)(=O)[C@H](C)[C@H]1C. The summed E-state index contributed by atoms with van der Waals surface area (Å²) in [4.78, 5) is 14.1. The van der Waals surface area contributed by atoms with Gasteiger partial charge in [0.25, 0.3) is 0 Å². The maximum Gasteiger partial charge on any atom is 0.317 e. The second-order valence-electron chi connectivity index (χ2n) is 6.08. The molecule has 1 rings (SSSR count). The molecule has 0 radical (unpaired) electrons. The predicted molar refractivity (Wildman–Crippen MR) is 86.2 cm³/mol. The Bertz CT molecular complexity index is 436. The van der Waals surface area contributed by atoms with Gasteiger partial charge in [0.15, 0.2) is 9.84 Å². The average Bonchev–Trinajstić information content (AvgIpc) is 2.42. The minimum absolute atomic E-state index is 0.0688. The maximum atomic E-state index is 12.4. The van der Waals surface area contributed by atoms with Gasteiger partial charge in [-0.25, -0.2) is 13.2 Å². The van der Waals surface area contributed by atoms with Gasteiger partial charge in [-0.05, 0) is 26.7 Å². The van der Waals surface area contributed by atoms with E-state index >= 15 is 0 Å². The number of nitrogens with zero attached hydrogens (tertiary/aromatic N) is 1. The van der Waals surface area contributed by atoms with Crippen molar-refractivity contribution in [2.75, 3.05) is 12.3 Å². The molecule has 0 unspecified atom stereocenters. The molecule has 21 heavy (non-hydrogen) atoms. The standard InChI is InChI=1S/C15H30N2O3S/c1-5-7-9-14(8-6-2)16-15(18)17-10-11-21(19,20)13(4)12(17)3/h12-14H,5-11H2,1-4H3,(H,16,18)/t12-,13-,14+/m1/s1. The number of unbranched alkanes of at least 4 members (excludes halogenated alkanes) is 1. The molecule has 0 aromatic heterocycles. The van der Waals surface area contributed by atoms with Gasteiger partial charge in [-0.1, -0.05) is 33.1 Å². The van der Waals surface area contributed by atoms with Gasteiger partial charge in [0.2, 0.25) is 0 Å². The molecule has 1 saturated heterocycles. The first kappa shape index (κ1) is 18.3. The minimum Gasteiger partial charge on any atom is -0.335 e. The number of amides is 2. The second kappa shape index (κ2) is 8.01. The summed E-state index contributed by atoms with van der Waals surface area (Å²) in [5, 5.41) is 2.60. The number of carbonyl (C=O) groups is 1. The zero-order chi connectivity index (χ0) is 16.0. The van der Waals surface area contributed by atoms with Crippen molar-refractivity contribution >= 4 is 15.9 Å². The third-order valence-electron chi connectivity index (χ3n) is 4.49. The van der Waals surface area contributed by atoms with Gasteiger partial charge >= 0.3 is 6.03 Å². The van der Waals surface area contributed by atoms with E-state index in [2.05, 4.69) is 19.2 Å². The summed E-state index contributed by atoms with van der Waals surface area (Å²) < 4.78 is 23.7. The van der Waals surface area contributed by atoms with Crippen LogP contribution < -0.4 is 5.32 Å². The van der Waals surface area contributed by atoms with E-state index in [9.17, 15) is 13.2 Å². The molecule has 0 bridgehead atoms. The van der Waals surface area contributed by atoms with Crippen LogP contribution in [0.25, 0.3) is 0 Å². The van der Waals surface area contributed by atoms with Crippen molar-refractivity contribution in [1.82, 2.24) is 10.2 Å². The fourth-order valence-electron chi connectivity index (χ4n) is 2.80. The highest BCUT2D eigenvalue weighted by Crippen LogP contribution is 2.19. The Morgan fingerprint density at radius 1 is 1.24 bits per heavy atom. The Labute approximate surface area is 129 Å². The van der Waals surface area contributed by atoms with Crippen LogP contribution in [0.2, 0.25) is 0 Å². The third kappa shape index (κ3) is 4.87. The lowest BCUT2D eigenvalue weighted by Gasteiger charge is -2.38. The molecule has 0 aromatic carbocycles. The summed E-state index contributed by atoms with van der Waals surface area (Å²) in [6.07, 6.45) is 5.22. The highest BCUT2D eigenvalue weighted by Gasteiger charge is 2.38. The van der Waals surface area contributed by atoms with Crippen molar-refractivity contribution in [3.63, 3.8) is 0 Å². The van der Waals surface area contributed by atoms with Gasteiger partial charge in [-0.3, -0.25) is 0 Å². The lowest BCUT2D eigenvalue weighted by molar-refractivity contribution is 0.172. The maximum absolute atomic E-state index is 12.4. The molecule has 3 atom stereocenters. The first-order valence-electron chi connectivity index (χ1n) is 8.12. The Kier molecular flexibility index (Phi) is 6.97. The monoisotopic (exact) mass is 318 g/mol. The van der Waals surface area contributed by atoms with Crippen molar-refractivity contribution in [2.45, 2.75) is 77.1 Å². The van der Waals surface area contributed by atoms with E-state index in [0.29, 0.717) is 6.54 Å². The van der Waals surface area contributed by atoms with E-state index in [1.54, 1.807) is 11.8 Å². The first-order valence-corrected chi connectivity index (χ1v) is 9.83. The Morgan fingerprint density at radius 2 is 1.90 bits per heavy atom. The largest absolute Gasteiger partial charge is 0.335 e. The average molecular weight is 318 g/mol. The molecule has 5 nitrogen and oxygen atoms in total. The van der Waals surface area contributed by atoms with Crippen LogP contribution in [0.1, 0.15) is 59.8 Å². The van der Waals surface area contributed by atoms with Crippen LogP contribution in [0.4, 0.5) is 4.79 Å². The molecular formula is C15H30N2O3S. The van der Waals surface area contributed by atoms with Gasteiger partial charge in [-0.15, -0.1) is 0 Å². The van der Waals surface area contributed by atoms with Crippen molar-refractivity contribution in [3.8, 4) is 0 Å². The second-order valence-corrected chi connectivity index (χ2v) is 8.56. The van der Waals surface area contributed by atoms with Gasteiger partial charge in [0.05, 0.1) is 11.0 Å². The van der Waals surface area contributed by atoms with Crippen LogP contribution in [0.3, 0.4) is 0 Å². The van der Waals surface area contributed by atoms with Gasteiger partial charge in [-0.2, -0.15) is 0 Å². The minimum atomic E-state index is -3.05. The summed E-state index contributed by atoms with van der Waals surface area (Å²) in [7, 11) is -3.05. The van der Waals surface area contributed by atoms with Crippen LogP contribution in [0.15, 0.2) is 0 Å². The summed E-state index contributed by atoms with van der Waals surface area (Å²) in [6, 6.07) is -0.181. The number of rotatable bonds is 6. The van der Waals surface area contributed by atoms with Crippen molar-refractivity contribution in [1.29, 1.82) is 0 Å². The smallest absolute Gasteiger partial charge is 0.317 e. The quantitative estimate of drug-likeness (QED) is 0.818. The summed E-state index contributed by atoms with van der Waals surface area (Å²) in [6.45, 7) is 8.07. The fourth-order valence-corrected chi connectivity index (χ4v) is 4.37. The summed E-state index contributed by atoms with van der Waals surface area (Å²) in [5.74, 6) is 0.0688. The summed E-state index contributed by atoms with van der Waals surface area (Å²) >= 11 is 0. The van der Waals surface area contributed by atoms with Gasteiger partial charge in [0, 0.05) is 18.6 Å². The van der Waals surface area contributed by atoms with E-state index in [1.165, 1.54) is 0 Å². The number of hydrogen-bond donors (Lipinski definition) is 1. The zero-order valence-electron chi connectivity index (χ0n) is 13.8. The lowest BCUT2D eigenvalue weighted by Crippen LogP contribution is -2.58. The molecule has 1 fully saturated rings. The van der Waals surface area contributed by atoms with E-state index < -0.39 is 15.1 Å². The molecule has 2 amide bonds. The molecule has 6 heteroatoms. The van der Waals surface area contributed by atoms with Crippen molar-refractivity contribution < 1.29 is 13.2 Å².